The van der Waals surface area contributed by atoms with E-state index in [0.717, 1.165) is 37.7 Å². The summed E-state index contributed by atoms with van der Waals surface area (Å²) in [5.74, 6) is -0.169. The average molecular weight is 494 g/mol. The fourth-order valence-corrected chi connectivity index (χ4v) is 6.36. The number of carbonyl (C=O) groups is 2. The Hall–Kier alpha value is -2.01. The summed E-state index contributed by atoms with van der Waals surface area (Å²) in [4.78, 5) is 28.4. The maximum atomic E-state index is 13.4. The van der Waals surface area contributed by atoms with E-state index in [1.807, 2.05) is 6.92 Å². The van der Waals surface area contributed by atoms with Gasteiger partial charge in [0.05, 0.1) is 23.0 Å². The Morgan fingerprint density at radius 1 is 1.24 bits per heavy atom. The molecule has 0 radical (unpaired) electrons. The van der Waals surface area contributed by atoms with Gasteiger partial charge in [0.2, 0.25) is 21.8 Å². The highest BCUT2D eigenvalue weighted by atomic mass is 32.2. The van der Waals surface area contributed by atoms with Gasteiger partial charge in [0.25, 0.3) is 0 Å². The molecule has 1 saturated carbocycles. The van der Waals surface area contributed by atoms with Gasteiger partial charge in [-0.05, 0) is 56.7 Å². The number of ether oxygens (including phenoxy) is 2. The smallest absolute Gasteiger partial charge is 0.245 e. The monoisotopic (exact) mass is 493 g/mol. The maximum absolute atomic E-state index is 13.4. The molecule has 0 aromatic heterocycles. The number of nitrogens with zero attached hydrogens (tertiary/aromatic N) is 1. The van der Waals surface area contributed by atoms with Crippen LogP contribution in [0.15, 0.2) is 29.2 Å². The Labute approximate surface area is 201 Å². The Bertz CT molecular complexity index is 1000. The van der Waals surface area contributed by atoms with Crippen molar-refractivity contribution in [3.8, 4) is 0 Å². The molecule has 10 heteroatoms. The van der Waals surface area contributed by atoms with Gasteiger partial charge in [-0.1, -0.05) is 18.6 Å². The molecule has 34 heavy (non-hydrogen) atoms. The summed E-state index contributed by atoms with van der Waals surface area (Å²) >= 11 is 0. The molecule has 0 bridgehead atoms. The molecule has 1 aliphatic carbocycles. The zero-order chi connectivity index (χ0) is 24.4. The lowest BCUT2D eigenvalue weighted by molar-refractivity contribution is -0.146. The molecule has 2 atom stereocenters. The van der Waals surface area contributed by atoms with E-state index in [1.54, 1.807) is 36.3 Å². The van der Waals surface area contributed by atoms with E-state index < -0.39 is 21.0 Å². The predicted molar refractivity (Wildman–Crippen MR) is 125 cm³/mol. The highest BCUT2D eigenvalue weighted by molar-refractivity contribution is 7.89. The van der Waals surface area contributed by atoms with Crippen LogP contribution in [0, 0.1) is 5.41 Å². The number of amides is 2. The molecule has 1 aromatic rings. The number of hydrogen-bond donors (Lipinski definition) is 2. The quantitative estimate of drug-likeness (QED) is 0.478. The number of benzene rings is 1. The molecule has 2 unspecified atom stereocenters. The fourth-order valence-electron chi connectivity index (χ4n) is 5.29. The van der Waals surface area contributed by atoms with Gasteiger partial charge in [-0.25, -0.2) is 13.1 Å². The first kappa shape index (κ1) is 25.1. The van der Waals surface area contributed by atoms with Crippen molar-refractivity contribution in [2.45, 2.75) is 68.5 Å². The van der Waals surface area contributed by atoms with Gasteiger partial charge in [-0.15, -0.1) is 0 Å². The number of sulfonamides is 1. The second-order valence-corrected chi connectivity index (χ2v) is 11.6. The Balaban J connectivity index is 1.47. The number of rotatable bonds is 10. The van der Waals surface area contributed by atoms with Gasteiger partial charge in [-0.2, -0.15) is 0 Å². The summed E-state index contributed by atoms with van der Waals surface area (Å²) in [7, 11) is -2.08. The minimum atomic E-state index is -3.65. The summed E-state index contributed by atoms with van der Waals surface area (Å²) in [5.41, 5.74) is -0.638. The van der Waals surface area contributed by atoms with Crippen LogP contribution in [0.25, 0.3) is 0 Å². The molecule has 2 N–H and O–H groups in total. The van der Waals surface area contributed by atoms with Crippen molar-refractivity contribution in [1.82, 2.24) is 14.9 Å². The number of methoxy groups -OCH3 is 1. The molecule has 4 rings (SSSR count). The van der Waals surface area contributed by atoms with Gasteiger partial charge in [0.15, 0.2) is 0 Å². The van der Waals surface area contributed by atoms with Crippen molar-refractivity contribution in [2.24, 2.45) is 5.41 Å². The van der Waals surface area contributed by atoms with Crippen molar-refractivity contribution in [3.05, 3.63) is 29.8 Å². The first-order valence-corrected chi connectivity index (χ1v) is 13.5. The van der Waals surface area contributed by atoms with Gasteiger partial charge in [0, 0.05) is 33.4 Å². The normalized spacial score (nSPS) is 26.1. The molecule has 9 nitrogen and oxygen atoms in total. The summed E-state index contributed by atoms with van der Waals surface area (Å²) in [6, 6.07) is 6.51. The summed E-state index contributed by atoms with van der Waals surface area (Å²) < 4.78 is 38.4. The van der Waals surface area contributed by atoms with Crippen LogP contribution in [0.3, 0.4) is 0 Å². The van der Waals surface area contributed by atoms with Crippen LogP contribution in [0.2, 0.25) is 0 Å². The van der Waals surface area contributed by atoms with Gasteiger partial charge >= 0.3 is 0 Å². The minimum absolute atomic E-state index is 0.0121. The molecular formula is C24H35N3O6S. The standard InChI is InChI=1S/C24H35N3O6S/c1-23(21(28)25-12-14-32-2)17-24(10-4-11-24)22(29)27(23)16-18-6-8-20(9-7-18)34(30,31)26-15-19-5-3-13-33-19/h6-9,19,26H,3-5,10-17H2,1-2H3,(H,25,28). The predicted octanol–water partition coefficient (Wildman–Crippen LogP) is 1.57. The molecule has 3 fully saturated rings. The Kier molecular flexibility index (Phi) is 7.33. The Morgan fingerprint density at radius 2 is 1.97 bits per heavy atom. The topological polar surface area (TPSA) is 114 Å². The highest BCUT2D eigenvalue weighted by Crippen LogP contribution is 2.55. The van der Waals surface area contributed by atoms with E-state index in [2.05, 4.69) is 10.0 Å². The Morgan fingerprint density at radius 3 is 2.56 bits per heavy atom. The van der Waals surface area contributed by atoms with Gasteiger partial charge in [0.1, 0.15) is 5.54 Å². The lowest BCUT2D eigenvalue weighted by atomic mass is 9.65. The van der Waals surface area contributed by atoms with Crippen LogP contribution >= 0.6 is 0 Å². The first-order valence-electron chi connectivity index (χ1n) is 12.0. The molecule has 1 aromatic carbocycles. The van der Waals surface area contributed by atoms with Crippen LogP contribution in [0.1, 0.15) is 51.0 Å². The summed E-state index contributed by atoms with van der Waals surface area (Å²) in [6.45, 7) is 3.78. The van der Waals surface area contributed by atoms with E-state index >= 15 is 0 Å². The average Bonchev–Trinajstić information content (AvgIpc) is 3.39. The molecular weight excluding hydrogens is 458 g/mol. The van der Waals surface area contributed by atoms with Gasteiger partial charge in [-0.3, -0.25) is 9.59 Å². The van der Waals surface area contributed by atoms with E-state index in [-0.39, 0.29) is 35.9 Å². The maximum Gasteiger partial charge on any atom is 0.245 e. The first-order chi connectivity index (χ1) is 16.2. The van der Waals surface area contributed by atoms with Crippen molar-refractivity contribution < 1.29 is 27.5 Å². The van der Waals surface area contributed by atoms with Crippen molar-refractivity contribution in [1.29, 1.82) is 0 Å². The molecule has 2 aliphatic heterocycles. The molecule has 2 heterocycles. The number of nitrogens with one attached hydrogen (secondary N) is 2. The van der Waals surface area contributed by atoms with Crippen LogP contribution in [0.4, 0.5) is 0 Å². The van der Waals surface area contributed by atoms with Crippen LogP contribution in [-0.4, -0.2) is 70.2 Å². The number of carbonyl (C=O) groups excluding carboxylic acids is 2. The van der Waals surface area contributed by atoms with Crippen LogP contribution in [0.5, 0.6) is 0 Å². The fraction of sp³-hybridized carbons (Fsp3) is 0.667. The lowest BCUT2D eigenvalue weighted by Crippen LogP contribution is -2.54. The van der Waals surface area contributed by atoms with E-state index in [0.29, 0.717) is 26.2 Å². The zero-order valence-corrected chi connectivity index (χ0v) is 20.8. The summed E-state index contributed by atoms with van der Waals surface area (Å²) in [6.07, 6.45) is 4.81. The van der Waals surface area contributed by atoms with E-state index in [9.17, 15) is 18.0 Å². The van der Waals surface area contributed by atoms with E-state index in [1.165, 1.54) is 0 Å². The molecule has 3 aliphatic rings. The van der Waals surface area contributed by atoms with Crippen molar-refractivity contribution in [2.75, 3.05) is 33.4 Å². The van der Waals surface area contributed by atoms with E-state index in [4.69, 9.17) is 9.47 Å². The van der Waals surface area contributed by atoms with Gasteiger partial charge < -0.3 is 19.7 Å². The minimum Gasteiger partial charge on any atom is -0.383 e. The third-order valence-electron chi connectivity index (χ3n) is 7.47. The highest BCUT2D eigenvalue weighted by Gasteiger charge is 2.62. The SMILES string of the molecule is COCCNC(=O)C1(C)CC2(CCC2)C(=O)N1Cc1ccc(S(=O)(=O)NCC2CCCO2)cc1. The number of hydrogen-bond acceptors (Lipinski definition) is 6. The third-order valence-corrected chi connectivity index (χ3v) is 8.91. The van der Waals surface area contributed by atoms with Crippen molar-refractivity contribution in [3.63, 3.8) is 0 Å². The molecule has 2 saturated heterocycles. The molecule has 1 spiro atoms. The lowest BCUT2D eigenvalue weighted by Gasteiger charge is -2.36. The zero-order valence-electron chi connectivity index (χ0n) is 20.0. The second-order valence-electron chi connectivity index (χ2n) is 9.86. The second kappa shape index (κ2) is 9.93. The third kappa shape index (κ3) is 4.86. The molecule has 188 valence electrons. The largest absolute Gasteiger partial charge is 0.383 e. The van der Waals surface area contributed by atoms with Crippen LogP contribution in [-0.2, 0) is 35.6 Å². The number of likely N-dealkylation sites (tertiary alicyclic amines) is 1. The summed E-state index contributed by atoms with van der Waals surface area (Å²) in [5, 5.41) is 2.90. The van der Waals surface area contributed by atoms with Crippen molar-refractivity contribution >= 4 is 21.8 Å². The van der Waals surface area contributed by atoms with Crippen LogP contribution < -0.4 is 10.0 Å². The molecule has 2 amide bonds.